The second-order valence-corrected chi connectivity index (χ2v) is 16.1. The molecule has 61 heavy (non-hydrogen) atoms. The van der Waals surface area contributed by atoms with E-state index in [2.05, 4.69) is 89.9 Å². The fraction of sp³-hybridized carbons (Fsp3) is 0. The zero-order valence-electron chi connectivity index (χ0n) is 38.6. The number of benzene rings is 9. The van der Waals surface area contributed by atoms with Crippen molar-refractivity contribution in [3.8, 4) is 65.5 Å². The molecule has 0 aliphatic carbocycles. The average molecular weight is 799 g/mol. The number of aromatic nitrogens is 2. The van der Waals surface area contributed by atoms with Gasteiger partial charge >= 0.3 is 0 Å². The molecule has 0 saturated heterocycles. The van der Waals surface area contributed by atoms with Gasteiger partial charge in [-0.25, -0.2) is 4.98 Å². The molecule has 0 bridgehead atoms. The van der Waals surface area contributed by atoms with E-state index in [9.17, 15) is 5.48 Å². The van der Waals surface area contributed by atoms with Crippen LogP contribution in [0.5, 0.6) is 0 Å². The molecule has 0 atom stereocenters. The Bertz CT molecular complexity index is 3930. The lowest BCUT2D eigenvalue weighted by molar-refractivity contribution is 1.37. The van der Waals surface area contributed by atoms with Crippen molar-refractivity contribution >= 4 is 65.5 Å². The zero-order chi connectivity index (χ0) is 45.5. The van der Waals surface area contributed by atoms with E-state index in [0.717, 1.165) is 76.1 Å². The summed E-state index contributed by atoms with van der Waals surface area (Å²) < 4.78 is 57.5. The first kappa shape index (κ1) is 29.5. The normalized spacial score (nSPS) is 13.0. The zero-order valence-corrected chi connectivity index (χ0v) is 33.4. The predicted octanol–water partition coefficient (Wildman–Crippen LogP) is 16.3. The lowest BCUT2D eigenvalue weighted by atomic mass is 9.85. The Morgan fingerprint density at radius 1 is 0.361 bits per heavy atom. The molecule has 3 aromatic heterocycles. The third-order valence-electron chi connectivity index (χ3n) is 11.7. The highest BCUT2D eigenvalue weighted by Gasteiger charge is 2.27. The summed E-state index contributed by atoms with van der Waals surface area (Å²) in [6, 6.07) is 57.4. The number of pyridine rings is 2. The number of hydrogen-bond acceptors (Lipinski definition) is 3. The molecule has 284 valence electrons. The summed E-state index contributed by atoms with van der Waals surface area (Å²) in [5.74, 6) is 0. The molecule has 12 rings (SSSR count). The molecular weight excluding hydrogens is 757 g/mol. The van der Waals surface area contributed by atoms with Crippen LogP contribution in [0.25, 0.3) is 120 Å². The van der Waals surface area contributed by atoms with Crippen LogP contribution in [0.15, 0.2) is 218 Å². The van der Waals surface area contributed by atoms with Crippen molar-refractivity contribution in [3.05, 3.63) is 218 Å². The Hall–Kier alpha value is -7.72. The van der Waals surface area contributed by atoms with Gasteiger partial charge in [-0.3, -0.25) is 4.98 Å². The summed E-state index contributed by atoms with van der Waals surface area (Å²) in [7, 11) is 0. The average Bonchev–Trinajstić information content (AvgIpc) is 3.77. The maximum atomic E-state index is 10.2. The first-order valence-electron chi connectivity index (χ1n) is 23.3. The Morgan fingerprint density at radius 2 is 0.836 bits per heavy atom. The molecule has 12 aromatic rings. The summed E-state index contributed by atoms with van der Waals surface area (Å²) >= 11 is 1.50. The first-order valence-corrected chi connectivity index (χ1v) is 21.1. The first-order chi connectivity index (χ1) is 32.8. The Balaban J connectivity index is 1.26. The van der Waals surface area contributed by atoms with Crippen molar-refractivity contribution in [2.45, 2.75) is 0 Å². The Morgan fingerprint density at radius 3 is 1.44 bits per heavy atom. The minimum Gasteiger partial charge on any atom is -0.254 e. The van der Waals surface area contributed by atoms with Gasteiger partial charge in [0.1, 0.15) is 0 Å². The largest absolute Gasteiger partial charge is 0.254 e. The molecule has 2 nitrogen and oxygen atoms in total. The van der Waals surface area contributed by atoms with E-state index in [1.165, 1.54) is 11.3 Å². The topological polar surface area (TPSA) is 25.8 Å². The van der Waals surface area contributed by atoms with E-state index in [0.29, 0.717) is 21.6 Å². The van der Waals surface area contributed by atoms with Crippen molar-refractivity contribution < 1.29 is 8.22 Å². The van der Waals surface area contributed by atoms with E-state index in [4.69, 9.17) is 7.73 Å². The van der Waals surface area contributed by atoms with Gasteiger partial charge in [-0.15, -0.1) is 11.3 Å². The Kier molecular flexibility index (Phi) is 7.02. The minimum absolute atomic E-state index is 0.139. The smallest absolute Gasteiger partial charge is 0.0972 e. The summed E-state index contributed by atoms with van der Waals surface area (Å²) in [5.41, 5.74) is 8.83. The molecule has 0 fully saturated rings. The minimum atomic E-state index is -0.425. The van der Waals surface area contributed by atoms with Crippen LogP contribution in [-0.2, 0) is 0 Å². The van der Waals surface area contributed by atoms with Gasteiger partial charge in [-0.05, 0) is 66.7 Å². The highest BCUT2D eigenvalue weighted by atomic mass is 32.1. The van der Waals surface area contributed by atoms with E-state index in [-0.39, 0.29) is 46.1 Å². The number of rotatable bonds is 6. The molecule has 0 unspecified atom stereocenters. The van der Waals surface area contributed by atoms with Crippen LogP contribution in [-0.4, -0.2) is 9.97 Å². The third kappa shape index (κ3) is 5.78. The van der Waals surface area contributed by atoms with Crippen LogP contribution < -0.4 is 0 Å². The van der Waals surface area contributed by atoms with E-state index >= 15 is 0 Å². The molecule has 0 radical (unpaired) electrons. The lowest BCUT2D eigenvalue weighted by Gasteiger charge is -2.18. The van der Waals surface area contributed by atoms with Gasteiger partial charge in [0.25, 0.3) is 0 Å². The van der Waals surface area contributed by atoms with Crippen LogP contribution in [0.4, 0.5) is 0 Å². The summed E-state index contributed by atoms with van der Waals surface area (Å²) in [5, 5.41) is 6.29. The van der Waals surface area contributed by atoms with E-state index < -0.39 is 12.1 Å². The van der Waals surface area contributed by atoms with Crippen LogP contribution in [0.1, 0.15) is 8.22 Å². The molecule has 0 aliphatic rings. The molecule has 0 N–H and O–H groups in total. The summed E-state index contributed by atoms with van der Waals surface area (Å²) in [6.45, 7) is 0. The number of thiophene rings is 1. The van der Waals surface area contributed by atoms with Gasteiger partial charge < -0.3 is 0 Å². The van der Waals surface area contributed by atoms with Crippen molar-refractivity contribution in [1.29, 1.82) is 0 Å². The van der Waals surface area contributed by atoms with E-state index in [1.54, 1.807) is 12.3 Å². The quantitative estimate of drug-likeness (QED) is 0.124. The van der Waals surface area contributed by atoms with Crippen LogP contribution in [0, 0.1) is 0 Å². The summed E-state index contributed by atoms with van der Waals surface area (Å²) in [4.78, 5) is 11.3. The Labute approximate surface area is 366 Å². The van der Waals surface area contributed by atoms with Gasteiger partial charge in [0.2, 0.25) is 0 Å². The number of hydrogen-bond donors (Lipinski definition) is 0. The molecule has 0 aliphatic heterocycles. The van der Waals surface area contributed by atoms with Crippen molar-refractivity contribution in [1.82, 2.24) is 9.97 Å². The second kappa shape index (κ2) is 14.5. The van der Waals surface area contributed by atoms with Crippen molar-refractivity contribution in [2.24, 2.45) is 0 Å². The SMILES string of the molecule is [2H]c1c([2H])c([2H])c2c(-c3sc(-c4c5ccccc5c(-c5ccccc5)c5ccccc45)c(-c4ccccc4)c3-c3ccccc3)c([2H])c([2H])c(-c3ccc4ccc5cccnc5c4n3)c2c1[2H]. The molecule has 9 aromatic carbocycles. The van der Waals surface area contributed by atoms with Gasteiger partial charge in [0.05, 0.1) is 25.0 Å². The van der Waals surface area contributed by atoms with Crippen LogP contribution in [0.3, 0.4) is 0 Å². The highest BCUT2D eigenvalue weighted by molar-refractivity contribution is 7.20. The third-order valence-corrected chi connectivity index (χ3v) is 12.9. The molecule has 3 heterocycles. The van der Waals surface area contributed by atoms with Gasteiger partial charge in [-0.1, -0.05) is 200 Å². The van der Waals surface area contributed by atoms with Crippen LogP contribution in [0.2, 0.25) is 0 Å². The highest BCUT2D eigenvalue weighted by Crippen LogP contribution is 2.56. The maximum Gasteiger partial charge on any atom is 0.0972 e. The molecule has 0 saturated carbocycles. The number of nitrogens with zero attached hydrogens (tertiary/aromatic N) is 2. The maximum absolute atomic E-state index is 10.2. The van der Waals surface area contributed by atoms with Crippen molar-refractivity contribution in [2.75, 3.05) is 0 Å². The van der Waals surface area contributed by atoms with Gasteiger partial charge in [0.15, 0.2) is 0 Å². The molecular formula is C58H36N2S. The summed E-state index contributed by atoms with van der Waals surface area (Å²) in [6.07, 6.45) is 1.71. The van der Waals surface area contributed by atoms with Crippen LogP contribution >= 0.6 is 11.3 Å². The van der Waals surface area contributed by atoms with E-state index in [1.807, 2.05) is 84.9 Å². The number of fused-ring (bicyclic) bond motifs is 6. The second-order valence-electron chi connectivity index (χ2n) is 15.1. The fourth-order valence-electron chi connectivity index (χ4n) is 9.00. The van der Waals surface area contributed by atoms with Gasteiger partial charge in [0, 0.05) is 54.5 Å². The predicted molar refractivity (Wildman–Crippen MR) is 260 cm³/mol. The van der Waals surface area contributed by atoms with Crippen molar-refractivity contribution in [3.63, 3.8) is 0 Å². The molecule has 3 heteroatoms. The fourth-order valence-corrected chi connectivity index (χ4v) is 10.4. The lowest BCUT2D eigenvalue weighted by Crippen LogP contribution is -1.91. The standard InChI is InChI=1S/C58H36N2S/c1-4-17-37(18-5-1)51-45-26-12-14-28-47(45)54(48-29-15-13-27-46(48)51)58-53(39-21-8-3-9-22-39)52(38-19-6-2-7-20-38)57(61-58)49-34-33-44(42-24-10-11-25-43(42)49)50-35-32-41-31-30-40-23-16-36-59-55(40)56(41)60-50/h1-36H/i10D,11D,24D,25D,33D,34D. The van der Waals surface area contributed by atoms with Gasteiger partial charge in [-0.2, -0.15) is 0 Å². The monoisotopic (exact) mass is 798 g/mol. The molecule has 0 spiro atoms. The molecule has 0 amide bonds.